The number of hydrogen-bond donors (Lipinski definition) is 0. The number of hydrogen-bond acceptors (Lipinski definition) is 0. The maximum Gasteiger partial charge on any atom is -1.00 e. The molecule has 0 amide bonds. The Morgan fingerprint density at radius 2 is 0.871 bits per heavy atom. The van der Waals surface area contributed by atoms with Crippen molar-refractivity contribution < 1.29 is 48.0 Å². The molecule has 0 heterocycles. The summed E-state index contributed by atoms with van der Waals surface area (Å²) in [4.78, 5) is 0. The van der Waals surface area contributed by atoms with E-state index in [9.17, 15) is 0 Å². The Kier molecular flexibility index (Phi) is 11.9. The van der Waals surface area contributed by atoms with Crippen molar-refractivity contribution in [3.63, 3.8) is 0 Å². The van der Waals surface area contributed by atoms with Crippen LogP contribution in [0.4, 0.5) is 0 Å². The smallest absolute Gasteiger partial charge is 1.00 e. The minimum absolute atomic E-state index is 0. The molecule has 2 atom stereocenters. The van der Waals surface area contributed by atoms with Crippen LogP contribution >= 0.6 is 0 Å². The van der Waals surface area contributed by atoms with E-state index in [1.807, 2.05) is 0 Å². The van der Waals surface area contributed by atoms with Crippen LogP contribution < -0.4 is 24.8 Å². The summed E-state index contributed by atoms with van der Waals surface area (Å²) in [5.74, 6) is 0. The van der Waals surface area contributed by atoms with Crippen LogP contribution in [0.15, 0.2) is 46.6 Å². The van der Waals surface area contributed by atoms with E-state index in [1.165, 1.54) is 38.5 Å². The van der Waals surface area contributed by atoms with Crippen molar-refractivity contribution in [1.29, 1.82) is 0 Å². The first-order valence-corrected chi connectivity index (χ1v) is 14.6. The molecule has 0 aromatic rings. The quantitative estimate of drug-likeness (QED) is 0.394. The molecule has 3 heteroatoms. The van der Waals surface area contributed by atoms with E-state index in [-0.39, 0.29) is 24.8 Å². The molecule has 0 spiro atoms. The fraction of sp³-hybridized carbons (Fsp3) is 0.714. The van der Waals surface area contributed by atoms with Gasteiger partial charge in [-0.1, -0.05) is 0 Å². The van der Waals surface area contributed by atoms with Crippen LogP contribution in [0.5, 0.6) is 0 Å². The normalized spacial score (nSPS) is 25.6. The van der Waals surface area contributed by atoms with E-state index in [0.717, 1.165) is 0 Å². The van der Waals surface area contributed by atoms with Gasteiger partial charge >= 0.3 is 195 Å². The van der Waals surface area contributed by atoms with Gasteiger partial charge < -0.3 is 24.8 Å². The molecule has 0 radical (unpaired) electrons. The van der Waals surface area contributed by atoms with Gasteiger partial charge in [-0.05, 0) is 0 Å². The molecule has 2 aliphatic rings. The molecule has 0 bridgehead atoms. The topological polar surface area (TPSA) is 0 Å². The first-order valence-electron chi connectivity index (χ1n) is 12.2. The van der Waals surface area contributed by atoms with Crippen LogP contribution in [0, 0.1) is 10.8 Å². The van der Waals surface area contributed by atoms with E-state index in [1.54, 1.807) is 22.3 Å². The third-order valence-electron chi connectivity index (χ3n) is 9.26. The molecule has 0 N–H and O–H groups in total. The van der Waals surface area contributed by atoms with Gasteiger partial charge in [-0.3, -0.25) is 0 Å². The minimum Gasteiger partial charge on any atom is -1.00 e. The first-order chi connectivity index (χ1) is 13.6. The molecule has 31 heavy (non-hydrogen) atoms. The zero-order valence-electron chi connectivity index (χ0n) is 21.8. The molecule has 2 rings (SSSR count). The van der Waals surface area contributed by atoms with E-state index in [2.05, 4.69) is 93.5 Å². The van der Waals surface area contributed by atoms with Crippen molar-refractivity contribution in [3.8, 4) is 0 Å². The molecule has 0 saturated heterocycles. The summed E-state index contributed by atoms with van der Waals surface area (Å²) in [6, 6.07) is 0. The summed E-state index contributed by atoms with van der Waals surface area (Å²) in [6.45, 7) is 24.3. The predicted octanol–water partition coefficient (Wildman–Crippen LogP) is 3.64. The standard InChI is InChI=1S/2C14H23.2ClH.Zr/c2*1-6-14(7-2,8-3)13-10-9-11(4)12(13)5;;;/h2*9-10H,6-8H2,1-5H3;2*1H;/q;;;;+2/p-2. The van der Waals surface area contributed by atoms with Crippen molar-refractivity contribution >= 4 is 0 Å². The Balaban J connectivity index is 0.00000450. The summed E-state index contributed by atoms with van der Waals surface area (Å²) in [5.41, 5.74) is 7.48. The maximum absolute atomic E-state index is 2.61. The Morgan fingerprint density at radius 1 is 0.613 bits per heavy atom. The van der Waals surface area contributed by atoms with Crippen LogP contribution in [-0.2, 0) is 23.2 Å². The van der Waals surface area contributed by atoms with E-state index in [4.69, 9.17) is 0 Å². The molecule has 2 aliphatic carbocycles. The third-order valence-corrected chi connectivity index (χ3v) is 14.5. The third kappa shape index (κ3) is 5.25. The second-order valence-corrected chi connectivity index (χ2v) is 15.7. The number of halogens is 2. The van der Waals surface area contributed by atoms with E-state index in [0.29, 0.717) is 17.1 Å². The summed E-state index contributed by atoms with van der Waals surface area (Å²) < 4.78 is 0.652. The van der Waals surface area contributed by atoms with Gasteiger partial charge in [0.2, 0.25) is 0 Å². The Bertz CT molecular complexity index is 656. The van der Waals surface area contributed by atoms with Crippen LogP contribution in [0.25, 0.3) is 0 Å². The molecule has 0 fully saturated rings. The summed E-state index contributed by atoms with van der Waals surface area (Å²) in [7, 11) is 0. The van der Waals surface area contributed by atoms with Gasteiger partial charge in [-0.15, -0.1) is 0 Å². The van der Waals surface area contributed by atoms with Crippen LogP contribution in [0.2, 0.25) is 6.25 Å². The first kappa shape index (κ1) is 31.4. The molecule has 0 aromatic carbocycles. The maximum atomic E-state index is 2.61. The van der Waals surface area contributed by atoms with Gasteiger partial charge in [0.1, 0.15) is 0 Å². The minimum atomic E-state index is -0.801. The van der Waals surface area contributed by atoms with Crippen LogP contribution in [-0.4, -0.2) is 0 Å². The molecule has 0 aliphatic heterocycles. The molecule has 0 saturated carbocycles. The van der Waals surface area contributed by atoms with Crippen LogP contribution in [0.1, 0.15) is 108 Å². The van der Waals surface area contributed by atoms with Gasteiger partial charge in [-0.25, -0.2) is 0 Å². The summed E-state index contributed by atoms with van der Waals surface area (Å²) in [6.07, 6.45) is 17.8. The fourth-order valence-corrected chi connectivity index (χ4v) is 11.2. The molecular formula is C28H46Cl2Zr. The second-order valence-electron chi connectivity index (χ2n) is 9.96. The van der Waals surface area contributed by atoms with Gasteiger partial charge in [0.05, 0.1) is 0 Å². The predicted molar refractivity (Wildman–Crippen MR) is 127 cm³/mol. The SMILES string of the molecule is CCC(CC)(CC)C1=C(C)[C](C)([Zr+2][C]2(C)C=CC(C(CC)(CC)CC)=C2C)C=C1.[Cl-].[Cl-]. The Hall–Kier alpha value is 0.423. The molecule has 176 valence electrons. The summed E-state index contributed by atoms with van der Waals surface area (Å²) in [5, 5.41) is 0. The van der Waals surface area contributed by atoms with Gasteiger partial charge in [-0.2, -0.15) is 0 Å². The Morgan fingerprint density at radius 3 is 1.10 bits per heavy atom. The van der Waals surface area contributed by atoms with Crippen molar-refractivity contribution in [2.45, 2.75) is 114 Å². The zero-order valence-corrected chi connectivity index (χ0v) is 25.8. The van der Waals surface area contributed by atoms with Gasteiger partial charge in [0.15, 0.2) is 0 Å². The number of allylic oxidation sites excluding steroid dienone is 8. The van der Waals surface area contributed by atoms with Crippen molar-refractivity contribution in [2.75, 3.05) is 0 Å². The van der Waals surface area contributed by atoms with Gasteiger partial charge in [0.25, 0.3) is 0 Å². The van der Waals surface area contributed by atoms with Crippen molar-refractivity contribution in [1.82, 2.24) is 0 Å². The summed E-state index contributed by atoms with van der Waals surface area (Å²) >= 11 is -0.801. The molecular weight excluding hydrogens is 498 g/mol. The average Bonchev–Trinajstić information content (AvgIpc) is 3.17. The van der Waals surface area contributed by atoms with E-state index < -0.39 is 23.2 Å². The molecule has 0 aromatic heterocycles. The fourth-order valence-electron chi connectivity index (χ4n) is 6.16. The van der Waals surface area contributed by atoms with E-state index >= 15 is 0 Å². The zero-order chi connectivity index (χ0) is 22.1. The second kappa shape index (κ2) is 11.7. The Labute approximate surface area is 218 Å². The molecule has 2 unspecified atom stereocenters. The van der Waals surface area contributed by atoms with Crippen molar-refractivity contribution in [3.05, 3.63) is 46.6 Å². The largest absolute Gasteiger partial charge is 1.00 e. The van der Waals surface area contributed by atoms with Crippen molar-refractivity contribution in [2.24, 2.45) is 10.8 Å². The van der Waals surface area contributed by atoms with Gasteiger partial charge in [0, 0.05) is 0 Å². The number of rotatable bonds is 10. The van der Waals surface area contributed by atoms with Crippen LogP contribution in [0.3, 0.4) is 0 Å². The molecule has 0 nitrogen and oxygen atoms in total. The average molecular weight is 545 g/mol. The monoisotopic (exact) mass is 542 g/mol.